The van der Waals surface area contributed by atoms with Gasteiger partial charge in [-0.25, -0.2) is 0 Å². The molecule has 0 atom stereocenters. The molecule has 1 aliphatic heterocycles. The maximum Gasteiger partial charge on any atom is 0.169 e. The lowest BCUT2D eigenvalue weighted by Crippen LogP contribution is -2.30. The maximum absolute atomic E-state index is 12.7. The van der Waals surface area contributed by atoms with Gasteiger partial charge in [-0.2, -0.15) is 0 Å². The van der Waals surface area contributed by atoms with E-state index in [0.717, 1.165) is 25.9 Å². The summed E-state index contributed by atoms with van der Waals surface area (Å²) in [5.41, 5.74) is 1.60. The maximum atomic E-state index is 12.7. The molecule has 0 spiro atoms. The molecule has 3 aromatic rings. The Hall–Kier alpha value is -2.57. The minimum absolute atomic E-state index is 0.0338. The molecule has 4 rings (SSSR count). The van der Waals surface area contributed by atoms with Crippen molar-refractivity contribution < 1.29 is 14.6 Å². The summed E-state index contributed by atoms with van der Waals surface area (Å²) in [7, 11) is 0. The van der Waals surface area contributed by atoms with Crippen molar-refractivity contribution in [3.8, 4) is 11.5 Å². The fraction of sp³-hybridized carbons (Fsp3) is 0.333. The summed E-state index contributed by atoms with van der Waals surface area (Å²) < 4.78 is 5.86. The van der Waals surface area contributed by atoms with E-state index >= 15 is 0 Å². The fourth-order valence-corrected chi connectivity index (χ4v) is 3.84. The molecule has 1 aromatic carbocycles. The molecule has 7 heteroatoms. The summed E-state index contributed by atoms with van der Waals surface area (Å²) >= 11 is 6.25. The highest BCUT2D eigenvalue weighted by Crippen LogP contribution is 2.34. The number of H-pyrrole nitrogens is 1. The molecule has 28 heavy (non-hydrogen) atoms. The second-order valence-electron chi connectivity index (χ2n) is 7.15. The van der Waals surface area contributed by atoms with Crippen molar-refractivity contribution in [3.63, 3.8) is 0 Å². The highest BCUT2D eigenvalue weighted by molar-refractivity contribution is 6.35. The largest absolute Gasteiger partial charge is 0.507 e. The smallest absolute Gasteiger partial charge is 0.169 e. The Morgan fingerprint density at radius 1 is 1.29 bits per heavy atom. The van der Waals surface area contributed by atoms with Crippen molar-refractivity contribution in [1.29, 1.82) is 0 Å². The van der Waals surface area contributed by atoms with Crippen LogP contribution < -0.4 is 10.1 Å². The Kier molecular flexibility index (Phi) is 5.50. The number of nitrogens with one attached hydrogen (secondary N) is 2. The Morgan fingerprint density at radius 2 is 2.11 bits per heavy atom. The first-order valence-corrected chi connectivity index (χ1v) is 9.79. The van der Waals surface area contributed by atoms with Crippen molar-refractivity contribution in [3.05, 3.63) is 52.9 Å². The number of aromatic amines is 1. The van der Waals surface area contributed by atoms with Gasteiger partial charge in [0, 0.05) is 35.3 Å². The standard InChI is InChI=1S/C21H22ClN3O3/c22-18-8-14(21(27)17-3-6-25-20(17)18)9-19(26)15-7-16(11-24-10-15)28-12-13-1-4-23-5-2-13/h3,6-8,10-11,13,23,25,27H,1-2,4-5,9,12H2. The van der Waals surface area contributed by atoms with Crippen LogP contribution in [0.5, 0.6) is 11.5 Å². The van der Waals surface area contributed by atoms with Gasteiger partial charge in [0.1, 0.15) is 11.5 Å². The van der Waals surface area contributed by atoms with E-state index < -0.39 is 0 Å². The predicted octanol–water partition coefficient (Wildman–Crippen LogP) is 3.73. The Balaban J connectivity index is 1.47. The first-order valence-electron chi connectivity index (χ1n) is 9.41. The third-order valence-electron chi connectivity index (χ3n) is 5.18. The van der Waals surface area contributed by atoms with Crippen LogP contribution in [-0.4, -0.2) is 40.6 Å². The van der Waals surface area contributed by atoms with Gasteiger partial charge < -0.3 is 20.1 Å². The fourth-order valence-electron chi connectivity index (χ4n) is 3.55. The normalized spacial score (nSPS) is 15.0. The number of aromatic nitrogens is 2. The molecule has 0 unspecified atom stereocenters. The summed E-state index contributed by atoms with van der Waals surface area (Å²) in [6.07, 6.45) is 7.06. The Labute approximate surface area is 167 Å². The molecule has 146 valence electrons. The number of hydrogen-bond acceptors (Lipinski definition) is 5. The van der Waals surface area contributed by atoms with Crippen molar-refractivity contribution >= 4 is 28.3 Å². The number of halogens is 1. The van der Waals surface area contributed by atoms with E-state index in [9.17, 15) is 9.90 Å². The molecule has 0 saturated carbocycles. The van der Waals surface area contributed by atoms with E-state index in [2.05, 4.69) is 15.3 Å². The molecule has 0 bridgehead atoms. The third-order valence-corrected chi connectivity index (χ3v) is 5.47. The minimum atomic E-state index is -0.152. The molecule has 1 fully saturated rings. The van der Waals surface area contributed by atoms with Crippen LogP contribution in [0.15, 0.2) is 36.8 Å². The lowest BCUT2D eigenvalue weighted by Gasteiger charge is -2.22. The number of phenols is 1. The molecular weight excluding hydrogens is 378 g/mol. The van der Waals surface area contributed by atoms with Gasteiger partial charge in [-0.3, -0.25) is 9.78 Å². The number of piperidine rings is 1. The number of hydrogen-bond donors (Lipinski definition) is 3. The zero-order valence-electron chi connectivity index (χ0n) is 15.4. The molecule has 3 N–H and O–H groups in total. The van der Waals surface area contributed by atoms with Gasteiger partial charge in [0.25, 0.3) is 0 Å². The van der Waals surface area contributed by atoms with Crippen LogP contribution >= 0.6 is 11.6 Å². The van der Waals surface area contributed by atoms with Crippen LogP contribution in [0.25, 0.3) is 10.9 Å². The lowest BCUT2D eigenvalue weighted by molar-refractivity contribution is 0.0991. The van der Waals surface area contributed by atoms with Crippen LogP contribution in [0.2, 0.25) is 5.02 Å². The number of pyridine rings is 1. The number of carbonyl (C=O) groups is 1. The number of ether oxygens (including phenoxy) is 1. The van der Waals surface area contributed by atoms with Crippen LogP contribution in [-0.2, 0) is 6.42 Å². The third kappa shape index (κ3) is 3.98. The minimum Gasteiger partial charge on any atom is -0.507 e. The number of fused-ring (bicyclic) bond motifs is 1. The van der Waals surface area contributed by atoms with Crippen molar-refractivity contribution in [2.45, 2.75) is 19.3 Å². The summed E-state index contributed by atoms with van der Waals surface area (Å²) in [4.78, 5) is 19.9. The van der Waals surface area contributed by atoms with Gasteiger partial charge in [-0.1, -0.05) is 11.6 Å². The average Bonchev–Trinajstić information content (AvgIpc) is 3.22. The second kappa shape index (κ2) is 8.20. The van der Waals surface area contributed by atoms with Crippen molar-refractivity contribution in [2.75, 3.05) is 19.7 Å². The number of carbonyl (C=O) groups excluding carboxylic acids is 1. The van der Waals surface area contributed by atoms with E-state index in [4.69, 9.17) is 16.3 Å². The van der Waals surface area contributed by atoms with Gasteiger partial charge in [-0.15, -0.1) is 0 Å². The average molecular weight is 400 g/mol. The molecule has 0 radical (unpaired) electrons. The summed E-state index contributed by atoms with van der Waals surface area (Å²) in [6.45, 7) is 2.66. The molecule has 1 aliphatic rings. The molecule has 0 aliphatic carbocycles. The van der Waals surface area contributed by atoms with Gasteiger partial charge in [0.2, 0.25) is 0 Å². The quantitative estimate of drug-likeness (QED) is 0.550. The molecule has 6 nitrogen and oxygen atoms in total. The number of Topliss-reactive ketones (excluding diaryl/α,β-unsaturated/α-hetero) is 1. The van der Waals surface area contributed by atoms with Crippen LogP contribution in [0.3, 0.4) is 0 Å². The number of ketones is 1. The zero-order valence-corrected chi connectivity index (χ0v) is 16.1. The summed E-state index contributed by atoms with van der Waals surface area (Å²) in [5, 5.41) is 14.9. The van der Waals surface area contributed by atoms with E-state index in [-0.39, 0.29) is 18.0 Å². The van der Waals surface area contributed by atoms with Gasteiger partial charge in [0.15, 0.2) is 5.78 Å². The van der Waals surface area contributed by atoms with E-state index in [1.807, 2.05) is 0 Å². The summed E-state index contributed by atoms with van der Waals surface area (Å²) in [5.74, 6) is 1.03. The second-order valence-corrected chi connectivity index (χ2v) is 7.55. The molecule has 1 saturated heterocycles. The summed E-state index contributed by atoms with van der Waals surface area (Å²) in [6, 6.07) is 5.07. The molecular formula is C21H22ClN3O3. The van der Waals surface area contributed by atoms with Crippen LogP contribution in [0, 0.1) is 5.92 Å². The predicted molar refractivity (Wildman–Crippen MR) is 108 cm³/mol. The Morgan fingerprint density at radius 3 is 2.93 bits per heavy atom. The first-order chi connectivity index (χ1) is 13.6. The molecule has 3 heterocycles. The van der Waals surface area contributed by atoms with Gasteiger partial charge in [-0.05, 0) is 50.0 Å². The van der Waals surface area contributed by atoms with Crippen molar-refractivity contribution in [2.24, 2.45) is 5.92 Å². The SMILES string of the molecule is O=C(Cc1cc(Cl)c2[nH]ccc2c1O)c1cncc(OCC2CCNCC2)c1. The number of benzene rings is 1. The van der Waals surface area contributed by atoms with E-state index in [1.165, 1.54) is 6.20 Å². The topological polar surface area (TPSA) is 87.2 Å². The van der Waals surface area contributed by atoms with Gasteiger partial charge >= 0.3 is 0 Å². The number of rotatable bonds is 6. The first kappa shape index (κ1) is 18.8. The van der Waals surface area contributed by atoms with Gasteiger partial charge in [0.05, 0.1) is 23.3 Å². The number of nitrogens with zero attached hydrogens (tertiary/aromatic N) is 1. The Bertz CT molecular complexity index is 996. The highest BCUT2D eigenvalue weighted by atomic mass is 35.5. The van der Waals surface area contributed by atoms with Crippen LogP contribution in [0.4, 0.5) is 0 Å². The zero-order chi connectivity index (χ0) is 19.5. The monoisotopic (exact) mass is 399 g/mol. The van der Waals surface area contributed by atoms with Crippen LogP contribution in [0.1, 0.15) is 28.8 Å². The van der Waals surface area contributed by atoms with Crippen molar-refractivity contribution in [1.82, 2.24) is 15.3 Å². The number of aromatic hydroxyl groups is 1. The highest BCUT2D eigenvalue weighted by Gasteiger charge is 2.17. The number of phenolic OH excluding ortho intramolecular Hbond substituents is 1. The lowest BCUT2D eigenvalue weighted by atomic mass is 9.99. The molecule has 2 aromatic heterocycles. The van der Waals surface area contributed by atoms with E-state index in [0.29, 0.717) is 45.3 Å². The molecule has 0 amide bonds. The van der Waals surface area contributed by atoms with E-state index in [1.54, 1.807) is 30.6 Å².